The van der Waals surface area contributed by atoms with E-state index in [1.165, 1.54) is 0 Å². The van der Waals surface area contributed by atoms with Crippen molar-refractivity contribution in [1.29, 1.82) is 0 Å². The minimum Gasteiger partial charge on any atom is -0.374 e. The second kappa shape index (κ2) is 6.81. The molecule has 3 aliphatic rings. The number of hydrogen-bond donors (Lipinski definition) is 0. The van der Waals surface area contributed by atoms with E-state index in [0.717, 1.165) is 10.0 Å². The molecule has 7 heteroatoms. The van der Waals surface area contributed by atoms with E-state index in [-0.39, 0.29) is 24.4 Å². The van der Waals surface area contributed by atoms with Crippen molar-refractivity contribution in [2.75, 3.05) is 6.61 Å². The summed E-state index contributed by atoms with van der Waals surface area (Å²) in [6.07, 6.45) is -1.59. The van der Waals surface area contributed by atoms with E-state index in [2.05, 4.69) is 15.9 Å². The number of fused-ring (bicyclic) bond motifs is 3. The lowest BCUT2D eigenvalue weighted by molar-refractivity contribution is -0.243. The molecule has 26 heavy (non-hydrogen) atoms. The summed E-state index contributed by atoms with van der Waals surface area (Å²) in [5.41, 5.74) is 1.09. The summed E-state index contributed by atoms with van der Waals surface area (Å²) < 4.78 is 37.2. The predicted octanol–water partition coefficient (Wildman–Crippen LogP) is 3.36. The minimum atomic E-state index is -0.708. The van der Waals surface area contributed by atoms with Crippen LogP contribution in [0.1, 0.15) is 33.3 Å². The Morgan fingerprint density at radius 1 is 0.923 bits per heavy atom. The Morgan fingerprint density at radius 2 is 1.58 bits per heavy atom. The zero-order valence-electron chi connectivity index (χ0n) is 15.4. The van der Waals surface area contributed by atoms with Crippen molar-refractivity contribution < 1.29 is 28.4 Å². The van der Waals surface area contributed by atoms with E-state index >= 15 is 0 Å². The zero-order chi connectivity index (χ0) is 18.5. The van der Waals surface area contributed by atoms with Crippen LogP contribution in [0.5, 0.6) is 0 Å². The smallest absolute Gasteiger partial charge is 0.190 e. The predicted molar refractivity (Wildman–Crippen MR) is 96.3 cm³/mol. The summed E-state index contributed by atoms with van der Waals surface area (Å²) in [6.45, 7) is 8.43. The highest BCUT2D eigenvalue weighted by molar-refractivity contribution is 9.10. The Bertz CT molecular complexity index is 663. The maximum atomic E-state index is 6.13. The second-order valence-electron chi connectivity index (χ2n) is 7.81. The van der Waals surface area contributed by atoms with Gasteiger partial charge in [-0.05, 0) is 39.3 Å². The molecule has 4 rings (SSSR count). The monoisotopic (exact) mass is 428 g/mol. The first kappa shape index (κ1) is 18.8. The standard InChI is InChI=1S/C19H25BrO6/c1-18(2)23-14-13(10-21-9-11-7-5-6-8-12(11)20)22-17-16(15(14)24-18)25-19(3,4)26-17/h5-8,13-17H,9-10H2,1-4H3/t13-,14+,15+,16-,17?/m1/s1. The molecule has 0 aliphatic carbocycles. The fourth-order valence-corrected chi connectivity index (χ4v) is 4.13. The first-order chi connectivity index (χ1) is 12.2. The number of hydrogen-bond acceptors (Lipinski definition) is 6. The largest absolute Gasteiger partial charge is 0.374 e. The summed E-state index contributed by atoms with van der Waals surface area (Å²) in [5.74, 6) is -1.40. The van der Waals surface area contributed by atoms with Gasteiger partial charge in [-0.2, -0.15) is 0 Å². The van der Waals surface area contributed by atoms with E-state index in [4.69, 9.17) is 28.4 Å². The molecule has 0 aromatic heterocycles. The minimum absolute atomic E-state index is 0.248. The van der Waals surface area contributed by atoms with Crippen LogP contribution in [0.3, 0.4) is 0 Å². The molecule has 3 saturated heterocycles. The van der Waals surface area contributed by atoms with Crippen molar-refractivity contribution in [2.24, 2.45) is 0 Å². The van der Waals surface area contributed by atoms with Gasteiger partial charge in [0.05, 0.1) is 13.2 Å². The molecular weight excluding hydrogens is 404 g/mol. The van der Waals surface area contributed by atoms with Gasteiger partial charge in [0.15, 0.2) is 17.9 Å². The van der Waals surface area contributed by atoms with Crippen molar-refractivity contribution in [3.8, 4) is 0 Å². The average molecular weight is 429 g/mol. The summed E-state index contributed by atoms with van der Waals surface area (Å²) >= 11 is 3.54. The lowest BCUT2D eigenvalue weighted by atomic mass is 9.99. The molecule has 0 amide bonds. The van der Waals surface area contributed by atoms with Gasteiger partial charge < -0.3 is 28.4 Å². The van der Waals surface area contributed by atoms with Gasteiger partial charge >= 0.3 is 0 Å². The van der Waals surface area contributed by atoms with Crippen molar-refractivity contribution in [2.45, 2.75) is 76.6 Å². The van der Waals surface area contributed by atoms with Gasteiger partial charge in [0.1, 0.15) is 24.4 Å². The van der Waals surface area contributed by atoms with Crippen molar-refractivity contribution in [1.82, 2.24) is 0 Å². The number of halogens is 1. The molecule has 3 heterocycles. The van der Waals surface area contributed by atoms with Gasteiger partial charge in [-0.3, -0.25) is 0 Å². The third-order valence-corrected chi connectivity index (χ3v) is 5.52. The summed E-state index contributed by atoms with van der Waals surface area (Å²) in [7, 11) is 0. The van der Waals surface area contributed by atoms with Crippen LogP contribution in [-0.4, -0.2) is 48.9 Å². The molecule has 5 atom stereocenters. The van der Waals surface area contributed by atoms with Crippen molar-refractivity contribution in [3.63, 3.8) is 0 Å². The maximum absolute atomic E-state index is 6.13. The summed E-state index contributed by atoms with van der Waals surface area (Å²) in [5, 5.41) is 0. The Balaban J connectivity index is 1.45. The van der Waals surface area contributed by atoms with E-state index < -0.39 is 17.9 Å². The normalized spacial score (nSPS) is 37.3. The fraction of sp³-hybridized carbons (Fsp3) is 0.684. The van der Waals surface area contributed by atoms with Gasteiger partial charge in [0.2, 0.25) is 0 Å². The van der Waals surface area contributed by atoms with Crippen LogP contribution in [0.2, 0.25) is 0 Å². The quantitative estimate of drug-likeness (QED) is 0.732. The molecule has 1 aromatic rings. The Hall–Kier alpha value is -0.540. The van der Waals surface area contributed by atoms with Gasteiger partial charge in [-0.15, -0.1) is 0 Å². The summed E-state index contributed by atoms with van der Waals surface area (Å²) in [6, 6.07) is 8.00. The van der Waals surface area contributed by atoms with Gasteiger partial charge in [-0.25, -0.2) is 0 Å². The first-order valence-corrected chi connectivity index (χ1v) is 9.71. The molecule has 0 bridgehead atoms. The van der Waals surface area contributed by atoms with E-state index in [0.29, 0.717) is 13.2 Å². The van der Waals surface area contributed by atoms with Crippen LogP contribution >= 0.6 is 15.9 Å². The van der Waals surface area contributed by atoms with Gasteiger partial charge in [0, 0.05) is 4.47 Å². The molecule has 1 unspecified atom stereocenters. The highest BCUT2D eigenvalue weighted by Gasteiger charge is 2.60. The van der Waals surface area contributed by atoms with Crippen LogP contribution in [0.4, 0.5) is 0 Å². The van der Waals surface area contributed by atoms with Crippen LogP contribution in [-0.2, 0) is 35.0 Å². The Kier molecular flexibility index (Phi) is 4.93. The molecule has 6 nitrogen and oxygen atoms in total. The van der Waals surface area contributed by atoms with Crippen LogP contribution in [0, 0.1) is 0 Å². The summed E-state index contributed by atoms with van der Waals surface area (Å²) in [4.78, 5) is 0. The van der Waals surface area contributed by atoms with Crippen molar-refractivity contribution in [3.05, 3.63) is 34.3 Å². The third kappa shape index (κ3) is 3.71. The van der Waals surface area contributed by atoms with Crippen LogP contribution in [0.15, 0.2) is 28.7 Å². The SMILES string of the molecule is CC1(C)O[C@@H]2[C@H](O1)[C@H]1OC(C)(C)OC1O[C@@H]2COCc1ccccc1Br. The van der Waals surface area contributed by atoms with E-state index in [1.807, 2.05) is 52.0 Å². The molecule has 0 radical (unpaired) electrons. The lowest BCUT2D eigenvalue weighted by Gasteiger charge is -2.37. The van der Waals surface area contributed by atoms with Gasteiger partial charge in [-0.1, -0.05) is 34.1 Å². The fourth-order valence-electron chi connectivity index (χ4n) is 3.73. The average Bonchev–Trinajstić information content (AvgIpc) is 3.03. The van der Waals surface area contributed by atoms with Crippen LogP contribution < -0.4 is 0 Å². The maximum Gasteiger partial charge on any atom is 0.190 e. The van der Waals surface area contributed by atoms with E-state index in [9.17, 15) is 0 Å². The molecule has 144 valence electrons. The number of ether oxygens (including phenoxy) is 6. The molecule has 3 fully saturated rings. The highest BCUT2D eigenvalue weighted by Crippen LogP contribution is 2.44. The number of rotatable bonds is 4. The topological polar surface area (TPSA) is 55.4 Å². The molecule has 0 N–H and O–H groups in total. The first-order valence-electron chi connectivity index (χ1n) is 8.92. The third-order valence-electron chi connectivity index (χ3n) is 4.75. The molecule has 1 aromatic carbocycles. The van der Waals surface area contributed by atoms with Crippen LogP contribution in [0.25, 0.3) is 0 Å². The molecule has 0 spiro atoms. The molecular formula is C19H25BrO6. The van der Waals surface area contributed by atoms with Crippen molar-refractivity contribution >= 4 is 15.9 Å². The van der Waals surface area contributed by atoms with E-state index in [1.54, 1.807) is 0 Å². The Labute approximate surface area is 162 Å². The highest BCUT2D eigenvalue weighted by atomic mass is 79.9. The second-order valence-corrected chi connectivity index (χ2v) is 8.67. The number of benzene rings is 1. The molecule has 0 saturated carbocycles. The zero-order valence-corrected chi connectivity index (χ0v) is 17.0. The van der Waals surface area contributed by atoms with Gasteiger partial charge in [0.25, 0.3) is 0 Å². The lowest BCUT2D eigenvalue weighted by Crippen LogP contribution is -2.56. The Morgan fingerprint density at radius 3 is 2.35 bits per heavy atom. The molecule has 3 aliphatic heterocycles.